The molecule has 3 nitrogen and oxygen atoms in total. The Morgan fingerprint density at radius 3 is 2.92 bits per heavy atom. The van der Waals surface area contributed by atoms with Crippen LogP contribution in [0, 0.1) is 0 Å². The van der Waals surface area contributed by atoms with Gasteiger partial charge in [0.05, 0.1) is 15.7 Å². The van der Waals surface area contributed by atoms with Crippen LogP contribution < -0.4 is 11.3 Å². The Balaban J connectivity index is 2.97. The van der Waals surface area contributed by atoms with Crippen LogP contribution in [-0.4, -0.2) is 4.98 Å². The molecular weight excluding hydrogens is 232 g/mol. The van der Waals surface area contributed by atoms with Crippen molar-refractivity contribution in [1.82, 2.24) is 4.98 Å². The van der Waals surface area contributed by atoms with E-state index in [0.717, 1.165) is 5.39 Å². The zero-order valence-electron chi connectivity index (χ0n) is 6.67. The molecule has 1 heterocycles. The molecule has 2 aromatic rings. The minimum Gasteiger partial charge on any atom is -0.397 e. The highest BCUT2D eigenvalue weighted by molar-refractivity contribution is 9.10. The third kappa shape index (κ3) is 1.33. The fourth-order valence-electron chi connectivity index (χ4n) is 1.23. The lowest BCUT2D eigenvalue weighted by molar-refractivity contribution is 1.28. The predicted octanol–water partition coefficient (Wildman–Crippen LogP) is 1.87. The highest BCUT2D eigenvalue weighted by Gasteiger charge is 2.01. The van der Waals surface area contributed by atoms with Gasteiger partial charge in [0.15, 0.2) is 0 Å². The second-order valence-electron chi connectivity index (χ2n) is 2.76. The maximum absolute atomic E-state index is 11.2. The highest BCUT2D eigenvalue weighted by atomic mass is 79.9. The number of nitrogens with one attached hydrogen (secondary N) is 1. The summed E-state index contributed by atoms with van der Waals surface area (Å²) in [6.07, 6.45) is 0. The summed E-state index contributed by atoms with van der Waals surface area (Å²) in [5.41, 5.74) is 6.80. The zero-order chi connectivity index (χ0) is 9.42. The number of pyridine rings is 1. The van der Waals surface area contributed by atoms with E-state index in [1.165, 1.54) is 0 Å². The monoisotopic (exact) mass is 238 g/mol. The van der Waals surface area contributed by atoms with E-state index < -0.39 is 0 Å². The van der Waals surface area contributed by atoms with Gasteiger partial charge in [-0.15, -0.1) is 0 Å². The summed E-state index contributed by atoms with van der Waals surface area (Å²) in [6.45, 7) is 0. The summed E-state index contributed by atoms with van der Waals surface area (Å²) >= 11 is 3.16. The lowest BCUT2D eigenvalue weighted by atomic mass is 10.2. The largest absolute Gasteiger partial charge is 0.397 e. The van der Waals surface area contributed by atoms with E-state index >= 15 is 0 Å². The first-order valence-electron chi connectivity index (χ1n) is 3.75. The van der Waals surface area contributed by atoms with Crippen LogP contribution >= 0.6 is 15.9 Å². The number of nitrogens with two attached hydrogens (primary N) is 1. The van der Waals surface area contributed by atoms with E-state index in [0.29, 0.717) is 15.7 Å². The summed E-state index contributed by atoms with van der Waals surface area (Å²) < 4.78 is 0.519. The van der Waals surface area contributed by atoms with Gasteiger partial charge in [-0.2, -0.15) is 0 Å². The number of aromatic nitrogens is 1. The number of halogens is 1. The number of rotatable bonds is 0. The van der Waals surface area contributed by atoms with E-state index in [4.69, 9.17) is 5.73 Å². The third-order valence-electron chi connectivity index (χ3n) is 1.87. The van der Waals surface area contributed by atoms with Gasteiger partial charge in [0.25, 0.3) is 5.56 Å². The predicted molar refractivity (Wildman–Crippen MR) is 56.7 cm³/mol. The van der Waals surface area contributed by atoms with E-state index in [2.05, 4.69) is 20.9 Å². The van der Waals surface area contributed by atoms with E-state index in [9.17, 15) is 4.79 Å². The number of fused-ring (bicyclic) bond motifs is 1. The molecule has 0 unspecified atom stereocenters. The molecule has 0 aliphatic rings. The second kappa shape index (κ2) is 2.88. The molecular formula is C9H7BrN2O. The van der Waals surface area contributed by atoms with Crippen LogP contribution in [0.25, 0.3) is 10.9 Å². The molecule has 0 atom stereocenters. The van der Waals surface area contributed by atoms with Crippen LogP contribution in [0.5, 0.6) is 0 Å². The fourth-order valence-corrected chi connectivity index (χ4v) is 1.57. The molecule has 0 fully saturated rings. The summed E-state index contributed by atoms with van der Waals surface area (Å²) in [5.74, 6) is 0. The number of aromatic amines is 1. The summed E-state index contributed by atoms with van der Waals surface area (Å²) in [7, 11) is 0. The fraction of sp³-hybridized carbons (Fsp3) is 0. The Morgan fingerprint density at radius 1 is 1.38 bits per heavy atom. The van der Waals surface area contributed by atoms with Crippen molar-refractivity contribution in [3.8, 4) is 0 Å². The highest BCUT2D eigenvalue weighted by Crippen LogP contribution is 2.18. The SMILES string of the molecule is Nc1cccc2cc(Br)c(=O)[nH]c12. The van der Waals surface area contributed by atoms with Gasteiger partial charge in [-0.05, 0) is 28.1 Å². The van der Waals surface area contributed by atoms with Gasteiger partial charge in [-0.25, -0.2) is 0 Å². The number of nitrogen functional groups attached to an aromatic ring is 1. The van der Waals surface area contributed by atoms with Crippen molar-refractivity contribution >= 4 is 32.5 Å². The quantitative estimate of drug-likeness (QED) is 0.689. The molecule has 0 saturated heterocycles. The molecule has 0 aliphatic carbocycles. The molecule has 13 heavy (non-hydrogen) atoms. The summed E-state index contributed by atoms with van der Waals surface area (Å²) in [6, 6.07) is 7.26. The Hall–Kier alpha value is -1.29. The first-order valence-corrected chi connectivity index (χ1v) is 4.55. The molecule has 0 spiro atoms. The number of hydrogen-bond donors (Lipinski definition) is 2. The Morgan fingerprint density at radius 2 is 2.15 bits per heavy atom. The van der Waals surface area contributed by atoms with Crippen molar-refractivity contribution in [3.63, 3.8) is 0 Å². The summed E-state index contributed by atoms with van der Waals surface area (Å²) in [5, 5.41) is 0.923. The van der Waals surface area contributed by atoms with Crippen LogP contribution in [0.15, 0.2) is 33.5 Å². The third-order valence-corrected chi connectivity index (χ3v) is 2.46. The van der Waals surface area contributed by atoms with Crippen LogP contribution in [0.2, 0.25) is 0 Å². The maximum atomic E-state index is 11.2. The van der Waals surface area contributed by atoms with Crippen molar-refractivity contribution in [2.24, 2.45) is 0 Å². The first-order chi connectivity index (χ1) is 6.18. The first kappa shape index (κ1) is 8.31. The van der Waals surface area contributed by atoms with E-state index in [-0.39, 0.29) is 5.56 Å². The number of H-pyrrole nitrogens is 1. The molecule has 1 aromatic heterocycles. The molecule has 0 saturated carbocycles. The van der Waals surface area contributed by atoms with Crippen molar-refractivity contribution in [1.29, 1.82) is 0 Å². The van der Waals surface area contributed by atoms with E-state index in [1.54, 1.807) is 12.1 Å². The van der Waals surface area contributed by atoms with Crippen LogP contribution in [0.4, 0.5) is 5.69 Å². The Kier molecular flexibility index (Phi) is 1.84. The van der Waals surface area contributed by atoms with Crippen molar-refractivity contribution in [3.05, 3.63) is 39.1 Å². The molecule has 1 aromatic carbocycles. The van der Waals surface area contributed by atoms with E-state index in [1.807, 2.05) is 12.1 Å². The Labute approximate surface area is 82.7 Å². The van der Waals surface area contributed by atoms with Crippen LogP contribution in [-0.2, 0) is 0 Å². The molecule has 4 heteroatoms. The normalized spacial score (nSPS) is 10.5. The van der Waals surface area contributed by atoms with Gasteiger partial charge in [0, 0.05) is 5.39 Å². The van der Waals surface area contributed by atoms with Crippen LogP contribution in [0.3, 0.4) is 0 Å². The Bertz CT molecular complexity index is 518. The average Bonchev–Trinajstić information content (AvgIpc) is 2.09. The molecule has 3 N–H and O–H groups in total. The van der Waals surface area contributed by atoms with Crippen molar-refractivity contribution in [2.75, 3.05) is 5.73 Å². The van der Waals surface area contributed by atoms with Gasteiger partial charge in [-0.3, -0.25) is 4.79 Å². The standard InChI is InChI=1S/C9H7BrN2O/c10-6-4-5-2-1-3-7(11)8(5)12-9(6)13/h1-4H,11H2,(H,12,13). The molecule has 2 rings (SSSR count). The van der Waals surface area contributed by atoms with Gasteiger partial charge in [0.2, 0.25) is 0 Å². The minimum absolute atomic E-state index is 0.162. The number of hydrogen-bond acceptors (Lipinski definition) is 2. The van der Waals surface area contributed by atoms with Crippen molar-refractivity contribution in [2.45, 2.75) is 0 Å². The second-order valence-corrected chi connectivity index (χ2v) is 3.61. The summed E-state index contributed by atoms with van der Waals surface area (Å²) in [4.78, 5) is 13.9. The topological polar surface area (TPSA) is 58.9 Å². The van der Waals surface area contributed by atoms with Gasteiger partial charge < -0.3 is 10.7 Å². The minimum atomic E-state index is -0.162. The van der Waals surface area contributed by atoms with Gasteiger partial charge >= 0.3 is 0 Å². The number of benzene rings is 1. The zero-order valence-corrected chi connectivity index (χ0v) is 8.26. The smallest absolute Gasteiger partial charge is 0.262 e. The number of anilines is 1. The number of para-hydroxylation sites is 1. The molecule has 0 amide bonds. The maximum Gasteiger partial charge on any atom is 0.262 e. The molecule has 66 valence electrons. The lowest BCUT2D eigenvalue weighted by Crippen LogP contribution is -2.06. The lowest BCUT2D eigenvalue weighted by Gasteiger charge is -2.00. The average molecular weight is 239 g/mol. The molecule has 0 aliphatic heterocycles. The van der Waals surface area contributed by atoms with Crippen molar-refractivity contribution < 1.29 is 0 Å². The van der Waals surface area contributed by atoms with Gasteiger partial charge in [0.1, 0.15) is 0 Å². The van der Waals surface area contributed by atoms with Crippen LogP contribution in [0.1, 0.15) is 0 Å². The molecule has 0 radical (unpaired) electrons. The van der Waals surface area contributed by atoms with Gasteiger partial charge in [-0.1, -0.05) is 12.1 Å². The molecule has 0 bridgehead atoms.